The molecule has 4 N–H and O–H groups in total. The summed E-state index contributed by atoms with van der Waals surface area (Å²) in [6, 6.07) is 7.07. The number of carbonyl (C=O) groups is 1. The van der Waals surface area contributed by atoms with Crippen molar-refractivity contribution in [1.29, 1.82) is 0 Å². The number of rotatable bonds is 10. The van der Waals surface area contributed by atoms with E-state index >= 15 is 4.39 Å². The number of nitrogen functional groups attached to an aromatic ring is 1. The first-order valence-corrected chi connectivity index (χ1v) is 14.2. The Morgan fingerprint density at radius 3 is 2.73 bits per heavy atom. The van der Waals surface area contributed by atoms with Gasteiger partial charge in [0.2, 0.25) is 5.95 Å². The summed E-state index contributed by atoms with van der Waals surface area (Å²) in [6.45, 7) is 3.60. The van der Waals surface area contributed by atoms with Crippen molar-refractivity contribution in [2.75, 3.05) is 37.4 Å². The number of methoxy groups -OCH3 is 1. The lowest BCUT2D eigenvalue weighted by Crippen LogP contribution is -2.41. The number of nitrogens with zero attached hydrogens (tertiary/aromatic N) is 5. The SMILES string of the molecule is COC(=O)[C@H](C)NP(=O)(OC[C@H]1O[C@@H](n2cnc3c(N4CCC4)nc(N)nc32)[C@](C)(F)[C@@H]1O)Oc1ccccc1. The van der Waals surface area contributed by atoms with Crippen LogP contribution in [0.1, 0.15) is 26.5 Å². The molecule has 2 aliphatic heterocycles. The van der Waals surface area contributed by atoms with Crippen LogP contribution in [-0.2, 0) is 23.4 Å². The van der Waals surface area contributed by atoms with Crippen molar-refractivity contribution < 1.29 is 37.4 Å². The van der Waals surface area contributed by atoms with Crippen LogP contribution in [0, 0.1) is 0 Å². The number of benzene rings is 1. The van der Waals surface area contributed by atoms with Crippen LogP contribution in [0.4, 0.5) is 16.2 Å². The summed E-state index contributed by atoms with van der Waals surface area (Å²) in [7, 11) is -3.07. The topological polar surface area (TPSA) is 176 Å². The molecule has 6 atom stereocenters. The summed E-state index contributed by atoms with van der Waals surface area (Å²) in [5.41, 5.74) is 4.26. The van der Waals surface area contributed by atoms with Crippen molar-refractivity contribution in [3.63, 3.8) is 0 Å². The number of aliphatic hydroxyl groups is 1. The second kappa shape index (κ2) is 10.9. The van der Waals surface area contributed by atoms with E-state index in [0.29, 0.717) is 11.3 Å². The zero-order valence-electron chi connectivity index (χ0n) is 22.1. The number of ether oxygens (including phenoxy) is 2. The van der Waals surface area contributed by atoms with Gasteiger partial charge in [-0.3, -0.25) is 13.9 Å². The van der Waals surface area contributed by atoms with Crippen molar-refractivity contribution in [3.8, 4) is 5.75 Å². The van der Waals surface area contributed by atoms with Gasteiger partial charge in [0.05, 0.1) is 20.0 Å². The third-order valence-electron chi connectivity index (χ3n) is 6.83. The predicted octanol–water partition coefficient (Wildman–Crippen LogP) is 1.96. The van der Waals surface area contributed by atoms with Gasteiger partial charge in [0.1, 0.15) is 24.0 Å². The average molecular weight is 580 g/mol. The Morgan fingerprint density at radius 1 is 1.35 bits per heavy atom. The number of aliphatic hydroxyl groups excluding tert-OH is 1. The second-order valence-corrected chi connectivity index (χ2v) is 11.5. The molecule has 1 unspecified atom stereocenters. The molecule has 2 fully saturated rings. The average Bonchev–Trinajstić information content (AvgIpc) is 3.39. The van der Waals surface area contributed by atoms with E-state index in [0.717, 1.165) is 19.5 Å². The molecule has 0 aliphatic carbocycles. The molecule has 0 amide bonds. The highest BCUT2D eigenvalue weighted by atomic mass is 31.2. The number of hydrogen-bond acceptors (Lipinski definition) is 12. The van der Waals surface area contributed by atoms with E-state index in [2.05, 4.69) is 24.8 Å². The van der Waals surface area contributed by atoms with Crippen LogP contribution in [0.5, 0.6) is 5.75 Å². The highest BCUT2D eigenvalue weighted by Gasteiger charge is 2.56. The van der Waals surface area contributed by atoms with Crippen molar-refractivity contribution in [1.82, 2.24) is 24.6 Å². The van der Waals surface area contributed by atoms with Gasteiger partial charge in [-0.25, -0.2) is 13.9 Å². The summed E-state index contributed by atoms with van der Waals surface area (Å²) in [5, 5.41) is 13.4. The van der Waals surface area contributed by atoms with Crippen molar-refractivity contribution in [2.45, 2.75) is 50.4 Å². The fourth-order valence-corrected chi connectivity index (χ4v) is 6.04. The van der Waals surface area contributed by atoms with E-state index in [1.165, 1.54) is 31.9 Å². The predicted molar refractivity (Wildman–Crippen MR) is 141 cm³/mol. The molecule has 0 bridgehead atoms. The van der Waals surface area contributed by atoms with Crippen LogP contribution in [0.2, 0.25) is 0 Å². The number of aromatic nitrogens is 4. The highest BCUT2D eigenvalue weighted by Crippen LogP contribution is 2.48. The number of imidazole rings is 1. The molecule has 1 aromatic carbocycles. The van der Waals surface area contributed by atoms with Gasteiger partial charge in [-0.1, -0.05) is 18.2 Å². The third-order valence-corrected chi connectivity index (χ3v) is 8.47. The van der Waals surface area contributed by atoms with E-state index in [4.69, 9.17) is 19.5 Å². The fraction of sp³-hybridized carbons (Fsp3) is 0.500. The van der Waals surface area contributed by atoms with Crippen molar-refractivity contribution >= 4 is 36.6 Å². The molecule has 16 heteroatoms. The zero-order chi connectivity index (χ0) is 28.7. The Kier molecular flexibility index (Phi) is 7.68. The van der Waals surface area contributed by atoms with Gasteiger partial charge < -0.3 is 29.7 Å². The Balaban J connectivity index is 1.38. The van der Waals surface area contributed by atoms with Gasteiger partial charge in [-0.2, -0.15) is 15.1 Å². The van der Waals surface area contributed by atoms with Crippen LogP contribution < -0.4 is 20.2 Å². The number of nitrogens with two attached hydrogens (primary N) is 1. The van der Waals surface area contributed by atoms with E-state index in [1.807, 2.05) is 4.90 Å². The molecule has 2 aliphatic rings. The smallest absolute Gasteiger partial charge is 0.459 e. The standard InChI is InChI=1S/C24H31FN7O7P/c1-14(21(34)36-3)30-40(35,39-15-8-5-4-6-9-15)37-12-16-18(33)24(2,25)22(38-16)32-13-27-17-19(31-10-7-11-31)28-23(26)29-20(17)32/h4-6,8-9,13-14,16,18,22,33H,7,10-12H2,1-3H3,(H,30,35)(H2,26,28,29)/t14-,16+,18+,22+,24+,40?/m0/s1. The molecule has 2 saturated heterocycles. The van der Waals surface area contributed by atoms with E-state index in [1.54, 1.807) is 30.3 Å². The number of nitrogens with one attached hydrogen (secondary N) is 1. The number of fused-ring (bicyclic) bond motifs is 1. The summed E-state index contributed by atoms with van der Waals surface area (Å²) >= 11 is 0. The molecule has 40 heavy (non-hydrogen) atoms. The van der Waals surface area contributed by atoms with Crippen LogP contribution in [0.25, 0.3) is 11.2 Å². The maximum absolute atomic E-state index is 16.0. The Hall–Kier alpha value is -3.36. The fourth-order valence-electron chi connectivity index (χ4n) is 4.54. The number of hydrogen-bond donors (Lipinski definition) is 3. The first-order chi connectivity index (χ1) is 19.0. The summed E-state index contributed by atoms with van der Waals surface area (Å²) in [6.07, 6.45) is -2.01. The van der Waals surface area contributed by atoms with Gasteiger partial charge in [0, 0.05) is 13.1 Å². The minimum atomic E-state index is -4.25. The van der Waals surface area contributed by atoms with Gasteiger partial charge >= 0.3 is 13.7 Å². The Morgan fingerprint density at radius 2 is 2.08 bits per heavy atom. The normalized spacial score (nSPS) is 26.7. The van der Waals surface area contributed by atoms with Crippen molar-refractivity contribution in [3.05, 3.63) is 36.7 Å². The quantitative estimate of drug-likeness (QED) is 0.235. The molecule has 4 heterocycles. The second-order valence-electron chi connectivity index (χ2n) is 9.76. The first-order valence-electron chi connectivity index (χ1n) is 12.6. The lowest BCUT2D eigenvalue weighted by atomic mass is 9.98. The number of para-hydroxylation sites is 1. The Bertz CT molecular complexity index is 1420. The number of carbonyl (C=O) groups excluding carboxylic acids is 1. The number of anilines is 2. The van der Waals surface area contributed by atoms with Gasteiger partial charge in [-0.15, -0.1) is 0 Å². The van der Waals surface area contributed by atoms with Crippen LogP contribution >= 0.6 is 7.75 Å². The molecule has 0 saturated carbocycles. The molecule has 14 nitrogen and oxygen atoms in total. The summed E-state index contributed by atoms with van der Waals surface area (Å²) in [4.78, 5) is 26.9. The lowest BCUT2D eigenvalue weighted by molar-refractivity contribution is -0.142. The minimum absolute atomic E-state index is 0.0139. The summed E-state index contributed by atoms with van der Waals surface area (Å²) < 4.78 is 52.8. The molecule has 216 valence electrons. The van der Waals surface area contributed by atoms with E-state index in [-0.39, 0.29) is 17.3 Å². The van der Waals surface area contributed by atoms with E-state index in [9.17, 15) is 14.5 Å². The van der Waals surface area contributed by atoms with Crippen LogP contribution in [-0.4, -0.2) is 81.3 Å². The first kappa shape index (κ1) is 28.2. The maximum Gasteiger partial charge on any atom is 0.459 e. The number of alkyl halides is 1. The highest BCUT2D eigenvalue weighted by molar-refractivity contribution is 7.52. The molecule has 5 rings (SSSR count). The maximum atomic E-state index is 16.0. The molecule has 0 spiro atoms. The molecule has 0 radical (unpaired) electrons. The molecule has 2 aromatic heterocycles. The largest absolute Gasteiger partial charge is 0.468 e. The van der Waals surface area contributed by atoms with Crippen molar-refractivity contribution in [2.24, 2.45) is 0 Å². The minimum Gasteiger partial charge on any atom is -0.468 e. The van der Waals surface area contributed by atoms with Gasteiger partial charge in [0.15, 0.2) is 28.9 Å². The molecular formula is C24H31FN7O7P. The van der Waals surface area contributed by atoms with Crippen LogP contribution in [0.15, 0.2) is 36.7 Å². The molecule has 3 aromatic rings. The Labute approximate surface area is 229 Å². The van der Waals surface area contributed by atoms with Gasteiger partial charge in [0.25, 0.3) is 0 Å². The molecular weight excluding hydrogens is 548 g/mol. The van der Waals surface area contributed by atoms with Crippen LogP contribution in [0.3, 0.4) is 0 Å². The number of esters is 1. The lowest BCUT2D eigenvalue weighted by Gasteiger charge is -2.32. The zero-order valence-corrected chi connectivity index (χ0v) is 23.0. The third kappa shape index (κ3) is 5.34. The van der Waals surface area contributed by atoms with Gasteiger partial charge in [-0.05, 0) is 32.4 Å². The van der Waals surface area contributed by atoms with E-state index < -0.39 is 50.5 Å². The number of halogens is 1. The monoisotopic (exact) mass is 579 g/mol. The summed E-state index contributed by atoms with van der Waals surface area (Å²) in [5.74, 6) is 0.00719.